The summed E-state index contributed by atoms with van der Waals surface area (Å²) in [5.74, 6) is 1.54. The Labute approximate surface area is 164 Å². The average molecular weight is 374 g/mol. The lowest BCUT2D eigenvalue weighted by Crippen LogP contribution is -2.39. The summed E-state index contributed by atoms with van der Waals surface area (Å²) in [4.78, 5) is 23.8. The number of ether oxygens (including phenoxy) is 1. The van der Waals surface area contributed by atoms with Crippen molar-refractivity contribution in [2.75, 3.05) is 19.0 Å². The van der Waals surface area contributed by atoms with Crippen LogP contribution in [0.1, 0.15) is 17.1 Å². The van der Waals surface area contributed by atoms with Gasteiger partial charge in [0.15, 0.2) is 0 Å². The van der Waals surface area contributed by atoms with Crippen LogP contribution < -0.4 is 10.1 Å². The number of para-hydroxylation sites is 1. The second kappa shape index (κ2) is 7.68. The Hall–Kier alpha value is -3.41. The van der Waals surface area contributed by atoms with E-state index < -0.39 is 0 Å². The van der Waals surface area contributed by atoms with Gasteiger partial charge in [-0.1, -0.05) is 18.2 Å². The number of aryl methyl sites for hydroxylation is 1. The highest BCUT2D eigenvalue weighted by Gasteiger charge is 2.25. The Kier molecular flexibility index (Phi) is 4.93. The first-order valence-electron chi connectivity index (χ1n) is 9.26. The van der Waals surface area contributed by atoms with Crippen LogP contribution in [0.4, 0.5) is 10.5 Å². The predicted octanol–water partition coefficient (Wildman–Crippen LogP) is 4.05. The zero-order chi connectivity index (χ0) is 19.5. The second-order valence-corrected chi connectivity index (χ2v) is 6.74. The van der Waals surface area contributed by atoms with Crippen LogP contribution in [0.5, 0.6) is 5.75 Å². The van der Waals surface area contributed by atoms with Crippen molar-refractivity contribution in [2.24, 2.45) is 0 Å². The fraction of sp³-hybridized carbons (Fsp3) is 0.227. The summed E-state index contributed by atoms with van der Waals surface area (Å²) >= 11 is 0. The molecule has 1 aromatic heterocycles. The molecule has 3 aromatic rings. The quantitative estimate of drug-likeness (QED) is 0.751. The Morgan fingerprint density at radius 1 is 1.07 bits per heavy atom. The molecule has 4 rings (SSSR count). The number of carbonyl (C=O) groups excluding carboxylic acids is 1. The maximum atomic E-state index is 12.7. The van der Waals surface area contributed by atoms with E-state index in [2.05, 4.69) is 15.3 Å². The van der Waals surface area contributed by atoms with Crippen molar-refractivity contribution in [3.05, 3.63) is 71.7 Å². The molecule has 0 atom stereocenters. The van der Waals surface area contributed by atoms with Gasteiger partial charge in [-0.05, 0) is 43.3 Å². The van der Waals surface area contributed by atoms with Crippen LogP contribution in [0.3, 0.4) is 0 Å². The van der Waals surface area contributed by atoms with Crippen LogP contribution in [0.25, 0.3) is 11.3 Å². The van der Waals surface area contributed by atoms with E-state index in [9.17, 15) is 4.79 Å². The van der Waals surface area contributed by atoms with Crippen LogP contribution in [0.2, 0.25) is 0 Å². The van der Waals surface area contributed by atoms with Gasteiger partial charge < -0.3 is 15.0 Å². The van der Waals surface area contributed by atoms with E-state index in [1.165, 1.54) is 0 Å². The number of nitrogens with zero attached hydrogens (tertiary/aromatic N) is 3. The summed E-state index contributed by atoms with van der Waals surface area (Å²) in [5, 5.41) is 2.96. The fourth-order valence-electron chi connectivity index (χ4n) is 3.42. The molecule has 1 aliphatic heterocycles. The molecule has 0 fully saturated rings. The summed E-state index contributed by atoms with van der Waals surface area (Å²) in [6.45, 7) is 3.02. The number of amides is 2. The molecular weight excluding hydrogens is 352 g/mol. The van der Waals surface area contributed by atoms with Crippen molar-refractivity contribution >= 4 is 11.7 Å². The normalized spacial score (nSPS) is 13.0. The molecular formula is C22H22N4O2. The molecule has 28 heavy (non-hydrogen) atoms. The summed E-state index contributed by atoms with van der Waals surface area (Å²) < 4.78 is 5.25. The molecule has 2 aromatic carbocycles. The first-order valence-corrected chi connectivity index (χ1v) is 9.26. The van der Waals surface area contributed by atoms with E-state index >= 15 is 0 Å². The van der Waals surface area contributed by atoms with Crippen LogP contribution in [0, 0.1) is 6.92 Å². The Balaban J connectivity index is 1.62. The molecule has 6 heteroatoms. The lowest BCUT2D eigenvalue weighted by Gasteiger charge is -2.29. The third-order valence-electron chi connectivity index (χ3n) is 4.85. The lowest BCUT2D eigenvalue weighted by molar-refractivity contribution is 0.206. The molecule has 142 valence electrons. The summed E-state index contributed by atoms with van der Waals surface area (Å²) in [7, 11) is 1.65. The highest BCUT2D eigenvalue weighted by Crippen LogP contribution is 2.29. The molecule has 0 saturated heterocycles. The van der Waals surface area contributed by atoms with Gasteiger partial charge in [-0.3, -0.25) is 0 Å². The van der Waals surface area contributed by atoms with Crippen molar-refractivity contribution in [3.63, 3.8) is 0 Å². The zero-order valence-corrected chi connectivity index (χ0v) is 16.0. The van der Waals surface area contributed by atoms with Gasteiger partial charge in [0.1, 0.15) is 11.6 Å². The number of benzene rings is 2. The minimum atomic E-state index is -0.113. The van der Waals surface area contributed by atoms with Gasteiger partial charge in [0, 0.05) is 29.8 Å². The number of rotatable bonds is 3. The van der Waals surface area contributed by atoms with Gasteiger partial charge in [0.25, 0.3) is 0 Å². The van der Waals surface area contributed by atoms with Gasteiger partial charge in [0.05, 0.1) is 25.0 Å². The number of fused-ring (bicyclic) bond motifs is 1. The minimum Gasteiger partial charge on any atom is -0.497 e. The maximum absolute atomic E-state index is 12.7. The number of hydrogen-bond donors (Lipinski definition) is 1. The molecule has 6 nitrogen and oxygen atoms in total. The molecule has 1 aliphatic rings. The van der Waals surface area contributed by atoms with Crippen LogP contribution in [0.15, 0.2) is 54.6 Å². The monoisotopic (exact) mass is 374 g/mol. The third-order valence-corrected chi connectivity index (χ3v) is 4.85. The number of methoxy groups -OCH3 is 1. The van der Waals surface area contributed by atoms with E-state index in [4.69, 9.17) is 4.74 Å². The van der Waals surface area contributed by atoms with Gasteiger partial charge in [-0.2, -0.15) is 0 Å². The molecule has 0 aliphatic carbocycles. The van der Waals surface area contributed by atoms with Crippen LogP contribution in [-0.4, -0.2) is 34.6 Å². The van der Waals surface area contributed by atoms with Gasteiger partial charge in [0.2, 0.25) is 0 Å². The van der Waals surface area contributed by atoms with E-state index in [0.29, 0.717) is 19.5 Å². The number of hydrogen-bond acceptors (Lipinski definition) is 4. The van der Waals surface area contributed by atoms with Gasteiger partial charge in [-0.25, -0.2) is 14.8 Å². The van der Waals surface area contributed by atoms with Crippen LogP contribution in [-0.2, 0) is 13.0 Å². The van der Waals surface area contributed by atoms with Gasteiger partial charge in [-0.15, -0.1) is 0 Å². The van der Waals surface area contributed by atoms with E-state index in [1.54, 1.807) is 12.0 Å². The highest BCUT2D eigenvalue weighted by molar-refractivity contribution is 5.89. The number of aromatic nitrogens is 2. The van der Waals surface area contributed by atoms with E-state index in [-0.39, 0.29) is 6.03 Å². The zero-order valence-electron chi connectivity index (χ0n) is 16.0. The first kappa shape index (κ1) is 18.0. The van der Waals surface area contributed by atoms with Crippen molar-refractivity contribution < 1.29 is 9.53 Å². The standard InChI is InChI=1S/C22H22N4O2/c1-15-23-20-12-13-26(22(27)25-17-6-4-3-5-7-17)14-19(20)21(24-15)16-8-10-18(28-2)11-9-16/h3-11H,12-14H2,1-2H3,(H,25,27). The second-order valence-electron chi connectivity index (χ2n) is 6.74. The Morgan fingerprint density at radius 2 is 1.82 bits per heavy atom. The Bertz CT molecular complexity index is 987. The number of anilines is 1. The molecule has 0 radical (unpaired) electrons. The van der Waals surface area contributed by atoms with Crippen LogP contribution >= 0.6 is 0 Å². The summed E-state index contributed by atoms with van der Waals surface area (Å²) in [6.07, 6.45) is 0.712. The largest absolute Gasteiger partial charge is 0.497 e. The summed E-state index contributed by atoms with van der Waals surface area (Å²) in [5.41, 5.74) is 4.68. The average Bonchev–Trinajstić information content (AvgIpc) is 2.73. The minimum absolute atomic E-state index is 0.113. The third kappa shape index (κ3) is 3.67. The molecule has 0 bridgehead atoms. The van der Waals surface area contributed by atoms with Crippen molar-refractivity contribution in [3.8, 4) is 17.0 Å². The SMILES string of the molecule is COc1ccc(-c2nc(C)nc3c2CN(C(=O)Nc2ccccc2)CC3)cc1. The van der Waals surface area contributed by atoms with Gasteiger partial charge >= 0.3 is 6.03 Å². The first-order chi connectivity index (χ1) is 13.6. The molecule has 0 saturated carbocycles. The Morgan fingerprint density at radius 3 is 2.54 bits per heavy atom. The molecule has 2 amide bonds. The van der Waals surface area contributed by atoms with E-state index in [1.807, 2.05) is 61.5 Å². The van der Waals surface area contributed by atoms with Crippen molar-refractivity contribution in [1.82, 2.24) is 14.9 Å². The number of carbonyl (C=O) groups is 1. The molecule has 0 spiro atoms. The summed E-state index contributed by atoms with van der Waals surface area (Å²) in [6, 6.07) is 17.2. The maximum Gasteiger partial charge on any atom is 0.322 e. The lowest BCUT2D eigenvalue weighted by atomic mass is 9.99. The number of urea groups is 1. The molecule has 1 N–H and O–H groups in total. The fourth-order valence-corrected chi connectivity index (χ4v) is 3.42. The molecule has 2 heterocycles. The molecule has 0 unspecified atom stereocenters. The topological polar surface area (TPSA) is 67.4 Å². The number of nitrogens with one attached hydrogen (secondary N) is 1. The van der Waals surface area contributed by atoms with Crippen molar-refractivity contribution in [1.29, 1.82) is 0 Å². The van der Waals surface area contributed by atoms with Crippen molar-refractivity contribution in [2.45, 2.75) is 19.9 Å². The highest BCUT2D eigenvalue weighted by atomic mass is 16.5. The predicted molar refractivity (Wildman–Crippen MR) is 108 cm³/mol. The van der Waals surface area contributed by atoms with E-state index in [0.717, 1.165) is 39.8 Å². The smallest absolute Gasteiger partial charge is 0.322 e.